The summed E-state index contributed by atoms with van der Waals surface area (Å²) in [5.74, 6) is 0. The molecule has 114 valence electrons. The molecule has 1 atom stereocenters. The average molecular weight is 273 g/mol. The van der Waals surface area contributed by atoms with E-state index < -0.39 is 0 Å². The van der Waals surface area contributed by atoms with Gasteiger partial charge in [-0.05, 0) is 32.4 Å². The molecule has 0 aromatic heterocycles. The van der Waals surface area contributed by atoms with Gasteiger partial charge in [-0.25, -0.2) is 0 Å². The molecule has 0 aromatic rings. The van der Waals surface area contributed by atoms with E-state index in [0.717, 1.165) is 6.04 Å². The van der Waals surface area contributed by atoms with Crippen LogP contribution in [0, 0.1) is 0 Å². The molecule has 0 spiro atoms. The molecular formula is C18H36LiN. The fraction of sp³-hybridized carbons (Fsp3) is 0.889. The van der Waals surface area contributed by atoms with Crippen LogP contribution in [0.2, 0.25) is 0 Å². The molecule has 0 bridgehead atoms. The first kappa shape index (κ1) is 20.3. The van der Waals surface area contributed by atoms with Gasteiger partial charge in [0.1, 0.15) is 0 Å². The molecule has 0 aromatic carbocycles. The second kappa shape index (κ2) is 14.2. The normalized spacial score (nSPS) is 17.1. The van der Waals surface area contributed by atoms with E-state index in [2.05, 4.69) is 30.9 Å². The van der Waals surface area contributed by atoms with E-state index in [1.807, 2.05) is 0 Å². The van der Waals surface area contributed by atoms with Gasteiger partial charge in [-0.15, -0.1) is 0 Å². The van der Waals surface area contributed by atoms with Gasteiger partial charge in [0.2, 0.25) is 0 Å². The van der Waals surface area contributed by atoms with Crippen LogP contribution in [0.15, 0.2) is 12.2 Å². The molecule has 0 aliphatic heterocycles. The maximum absolute atomic E-state index is 2.73. The van der Waals surface area contributed by atoms with Crippen molar-refractivity contribution >= 4 is 0 Å². The third-order valence-corrected chi connectivity index (χ3v) is 4.30. The molecule has 1 unspecified atom stereocenters. The zero-order chi connectivity index (χ0) is 13.8. The SMILES string of the molecule is CCCCCCCN(CCCCCCC)C1C=CC1.[H-].[Li+]. The summed E-state index contributed by atoms with van der Waals surface area (Å²) in [6.07, 6.45) is 20.1. The molecule has 0 saturated carbocycles. The maximum Gasteiger partial charge on any atom is 1.00 e. The molecular weight excluding hydrogens is 237 g/mol. The molecule has 0 N–H and O–H groups in total. The molecule has 0 saturated heterocycles. The Bertz CT molecular complexity index is 219. The van der Waals surface area contributed by atoms with Crippen molar-refractivity contribution in [1.29, 1.82) is 0 Å². The standard InChI is InChI=1S/C18H35N.Li.H/c1-3-5-7-9-11-16-19(18-14-13-15-18)17-12-10-8-6-4-2;;/h13-14,18H,3-12,15-17H2,1-2H3;;/q;+1;-1. The third-order valence-electron chi connectivity index (χ3n) is 4.30. The largest absolute Gasteiger partial charge is 1.00 e. The van der Waals surface area contributed by atoms with Crippen molar-refractivity contribution in [2.75, 3.05) is 13.1 Å². The molecule has 1 rings (SSSR count). The summed E-state index contributed by atoms with van der Waals surface area (Å²) in [6.45, 7) is 7.24. The number of nitrogens with zero attached hydrogens (tertiary/aromatic N) is 1. The van der Waals surface area contributed by atoms with Crippen molar-refractivity contribution in [3.05, 3.63) is 12.2 Å². The minimum Gasteiger partial charge on any atom is -1.00 e. The summed E-state index contributed by atoms with van der Waals surface area (Å²) in [5, 5.41) is 0. The monoisotopic (exact) mass is 273 g/mol. The van der Waals surface area contributed by atoms with E-state index in [9.17, 15) is 0 Å². The zero-order valence-corrected chi connectivity index (χ0v) is 14.4. The van der Waals surface area contributed by atoms with E-state index in [1.165, 1.54) is 83.7 Å². The van der Waals surface area contributed by atoms with Crippen LogP contribution in [0.4, 0.5) is 0 Å². The Balaban J connectivity index is 0. The summed E-state index contributed by atoms with van der Waals surface area (Å²) in [6, 6.07) is 0.775. The third kappa shape index (κ3) is 9.27. The topological polar surface area (TPSA) is 3.24 Å². The van der Waals surface area contributed by atoms with E-state index in [4.69, 9.17) is 0 Å². The smallest absolute Gasteiger partial charge is 1.00 e. The van der Waals surface area contributed by atoms with Gasteiger partial charge in [0, 0.05) is 6.04 Å². The van der Waals surface area contributed by atoms with Gasteiger partial charge in [-0.1, -0.05) is 77.4 Å². The Morgan fingerprint density at radius 3 is 1.65 bits per heavy atom. The van der Waals surface area contributed by atoms with Gasteiger partial charge in [-0.3, -0.25) is 4.90 Å². The first-order valence-corrected chi connectivity index (χ1v) is 8.79. The van der Waals surface area contributed by atoms with Crippen molar-refractivity contribution in [1.82, 2.24) is 4.90 Å². The summed E-state index contributed by atoms with van der Waals surface area (Å²) in [7, 11) is 0. The molecule has 0 radical (unpaired) electrons. The van der Waals surface area contributed by atoms with Crippen LogP contribution < -0.4 is 18.9 Å². The molecule has 1 nitrogen and oxygen atoms in total. The molecule has 1 aliphatic rings. The fourth-order valence-electron chi connectivity index (χ4n) is 2.81. The van der Waals surface area contributed by atoms with Crippen LogP contribution in [-0.4, -0.2) is 24.0 Å². The number of hydrogen-bond donors (Lipinski definition) is 0. The maximum atomic E-state index is 2.73. The van der Waals surface area contributed by atoms with Crippen molar-refractivity contribution in [3.8, 4) is 0 Å². The second-order valence-corrected chi connectivity index (χ2v) is 6.10. The van der Waals surface area contributed by atoms with Crippen LogP contribution in [0.25, 0.3) is 0 Å². The average Bonchev–Trinajstić information content (AvgIpc) is 2.35. The Kier molecular flexibility index (Phi) is 14.5. The van der Waals surface area contributed by atoms with Crippen LogP contribution in [-0.2, 0) is 0 Å². The molecule has 1 aliphatic carbocycles. The number of unbranched alkanes of at least 4 members (excludes halogenated alkanes) is 8. The van der Waals surface area contributed by atoms with Crippen LogP contribution in [0.3, 0.4) is 0 Å². The molecule has 0 fully saturated rings. The first-order valence-electron chi connectivity index (χ1n) is 8.79. The quantitative estimate of drug-likeness (QED) is 0.283. The molecule has 0 heterocycles. The summed E-state index contributed by atoms with van der Waals surface area (Å²) < 4.78 is 0. The van der Waals surface area contributed by atoms with Gasteiger partial charge in [-0.2, -0.15) is 0 Å². The van der Waals surface area contributed by atoms with E-state index >= 15 is 0 Å². The number of hydrogen-bond acceptors (Lipinski definition) is 1. The molecule has 20 heavy (non-hydrogen) atoms. The van der Waals surface area contributed by atoms with Gasteiger partial charge >= 0.3 is 18.9 Å². The van der Waals surface area contributed by atoms with Crippen molar-refractivity contribution in [2.45, 2.75) is 90.5 Å². The molecule has 0 amide bonds. The van der Waals surface area contributed by atoms with Crippen LogP contribution in [0.5, 0.6) is 0 Å². The van der Waals surface area contributed by atoms with Crippen LogP contribution in [0.1, 0.15) is 85.9 Å². The molecule has 2 heteroatoms. The van der Waals surface area contributed by atoms with Gasteiger partial charge in [0.15, 0.2) is 0 Å². The second-order valence-electron chi connectivity index (χ2n) is 6.10. The fourth-order valence-corrected chi connectivity index (χ4v) is 2.81. The minimum absolute atomic E-state index is 0. The predicted octanol–water partition coefficient (Wildman–Crippen LogP) is 2.67. The summed E-state index contributed by atoms with van der Waals surface area (Å²) in [5.41, 5.74) is 0. The van der Waals surface area contributed by atoms with Gasteiger partial charge in [0.05, 0.1) is 0 Å². The van der Waals surface area contributed by atoms with E-state index in [-0.39, 0.29) is 20.3 Å². The Morgan fingerprint density at radius 1 is 0.850 bits per heavy atom. The zero-order valence-electron chi connectivity index (χ0n) is 15.4. The summed E-state index contributed by atoms with van der Waals surface area (Å²) in [4.78, 5) is 2.73. The van der Waals surface area contributed by atoms with Gasteiger partial charge < -0.3 is 1.43 Å². The van der Waals surface area contributed by atoms with Crippen LogP contribution >= 0.6 is 0 Å². The van der Waals surface area contributed by atoms with Crippen molar-refractivity contribution in [2.24, 2.45) is 0 Å². The Labute approximate surface area is 141 Å². The predicted molar refractivity (Wildman–Crippen MR) is 87.7 cm³/mol. The van der Waals surface area contributed by atoms with Gasteiger partial charge in [0.25, 0.3) is 0 Å². The van der Waals surface area contributed by atoms with Crippen molar-refractivity contribution in [3.63, 3.8) is 0 Å². The van der Waals surface area contributed by atoms with Crippen molar-refractivity contribution < 1.29 is 20.3 Å². The van der Waals surface area contributed by atoms with E-state index in [1.54, 1.807) is 0 Å². The van der Waals surface area contributed by atoms with E-state index in [0.29, 0.717) is 0 Å². The minimum atomic E-state index is 0. The number of rotatable bonds is 13. The Hall–Kier alpha value is 0.297. The Morgan fingerprint density at radius 2 is 1.30 bits per heavy atom. The summed E-state index contributed by atoms with van der Waals surface area (Å²) >= 11 is 0. The first-order chi connectivity index (χ1) is 9.38.